The number of anilines is 1. The fourth-order valence-electron chi connectivity index (χ4n) is 2.57. The first-order chi connectivity index (χ1) is 14.8. The third-order valence-corrected chi connectivity index (χ3v) is 5.91. The van der Waals surface area contributed by atoms with Crippen LogP contribution in [0.1, 0.15) is 15.9 Å². The normalized spacial score (nSPS) is 11.0. The van der Waals surface area contributed by atoms with Crippen molar-refractivity contribution in [2.24, 2.45) is 0 Å². The number of carbonyl (C=O) groups is 2. The van der Waals surface area contributed by atoms with Crippen LogP contribution in [-0.4, -0.2) is 36.1 Å². The molecule has 0 saturated heterocycles. The highest BCUT2D eigenvalue weighted by Gasteiger charge is 2.27. The van der Waals surface area contributed by atoms with Gasteiger partial charge in [0.25, 0.3) is 15.0 Å². The second kappa shape index (κ2) is 9.59. The molecule has 0 fully saturated rings. The first-order valence-corrected chi connectivity index (χ1v) is 10.8. The van der Waals surface area contributed by atoms with Crippen molar-refractivity contribution in [2.75, 3.05) is 11.9 Å². The number of ether oxygens (including phenoxy) is 1. The molecule has 3 aromatic rings. The molecular formula is C21H17ClN2O6S. The van der Waals surface area contributed by atoms with E-state index >= 15 is 0 Å². The molecular weight excluding hydrogens is 444 g/mol. The maximum Gasteiger partial charge on any atom is 0.335 e. The maximum absolute atomic E-state index is 12.5. The largest absolute Gasteiger partial charge is 0.487 e. The predicted octanol–water partition coefficient (Wildman–Crippen LogP) is 3.42. The van der Waals surface area contributed by atoms with Gasteiger partial charge >= 0.3 is 5.97 Å². The van der Waals surface area contributed by atoms with E-state index in [0.29, 0.717) is 16.5 Å². The Balaban J connectivity index is 1.74. The Morgan fingerprint density at radius 3 is 2.52 bits per heavy atom. The zero-order valence-corrected chi connectivity index (χ0v) is 17.6. The van der Waals surface area contributed by atoms with Gasteiger partial charge in [0, 0.05) is 11.2 Å². The Kier molecular flexibility index (Phi) is 6.88. The second-order valence-electron chi connectivity index (χ2n) is 6.33. The minimum absolute atomic E-state index is 0.259. The van der Waals surface area contributed by atoms with Gasteiger partial charge in [0.1, 0.15) is 12.4 Å². The molecule has 1 heterocycles. The quantitative estimate of drug-likeness (QED) is 0.524. The summed E-state index contributed by atoms with van der Waals surface area (Å²) in [6.07, 6.45) is 1.02. The molecule has 0 amide bonds. The number of carboxylic acids is 1. The molecule has 2 aromatic carbocycles. The first-order valence-electron chi connectivity index (χ1n) is 8.95. The van der Waals surface area contributed by atoms with Crippen LogP contribution in [0.25, 0.3) is 0 Å². The van der Waals surface area contributed by atoms with E-state index in [1.165, 1.54) is 6.07 Å². The molecule has 0 atom stereocenters. The predicted molar refractivity (Wildman–Crippen MR) is 114 cm³/mol. The summed E-state index contributed by atoms with van der Waals surface area (Å²) in [5.41, 5.74) is 0.964. The SMILES string of the molecule is O=C(O)c1ccnc(S(=O)(=O)C(=O)CNc2cc(Cl)ccc2OCc2ccccc2)c1. The smallest absolute Gasteiger partial charge is 0.335 e. The van der Waals surface area contributed by atoms with Crippen molar-refractivity contribution in [1.82, 2.24) is 4.98 Å². The number of halogens is 1. The van der Waals surface area contributed by atoms with Gasteiger partial charge in [-0.1, -0.05) is 41.9 Å². The van der Waals surface area contributed by atoms with Crippen molar-refractivity contribution < 1.29 is 27.9 Å². The highest BCUT2D eigenvalue weighted by Crippen LogP contribution is 2.29. The van der Waals surface area contributed by atoms with Crippen LogP contribution in [0.15, 0.2) is 71.9 Å². The lowest BCUT2D eigenvalue weighted by atomic mass is 10.2. The van der Waals surface area contributed by atoms with E-state index in [2.05, 4.69) is 10.3 Å². The number of benzene rings is 2. The molecule has 8 nitrogen and oxygen atoms in total. The molecule has 3 rings (SSSR count). The van der Waals surface area contributed by atoms with E-state index in [1.54, 1.807) is 12.1 Å². The zero-order valence-electron chi connectivity index (χ0n) is 16.0. The van der Waals surface area contributed by atoms with Crippen LogP contribution in [0.5, 0.6) is 5.75 Å². The lowest BCUT2D eigenvalue weighted by molar-refractivity contribution is -0.110. The van der Waals surface area contributed by atoms with Gasteiger partial charge in [-0.15, -0.1) is 0 Å². The minimum Gasteiger partial charge on any atom is -0.487 e. The van der Waals surface area contributed by atoms with Gasteiger partial charge in [-0.25, -0.2) is 18.2 Å². The molecule has 31 heavy (non-hydrogen) atoms. The van der Waals surface area contributed by atoms with Crippen LogP contribution in [0.3, 0.4) is 0 Å². The number of aromatic carboxylic acids is 1. The van der Waals surface area contributed by atoms with Crippen LogP contribution >= 0.6 is 11.6 Å². The summed E-state index contributed by atoms with van der Waals surface area (Å²) in [6.45, 7) is -0.335. The molecule has 160 valence electrons. The molecule has 0 aliphatic rings. The van der Waals surface area contributed by atoms with Gasteiger partial charge in [-0.3, -0.25) is 4.79 Å². The third kappa shape index (κ3) is 5.59. The average molecular weight is 461 g/mol. The Bertz CT molecular complexity index is 1220. The number of carbonyl (C=O) groups excluding carboxylic acids is 1. The number of hydrogen-bond acceptors (Lipinski definition) is 7. The molecule has 2 N–H and O–H groups in total. The number of sulfone groups is 1. The highest BCUT2D eigenvalue weighted by atomic mass is 35.5. The molecule has 1 aromatic heterocycles. The van der Waals surface area contributed by atoms with Crippen molar-refractivity contribution in [3.63, 3.8) is 0 Å². The molecule has 0 spiro atoms. The molecule has 0 unspecified atom stereocenters. The summed E-state index contributed by atoms with van der Waals surface area (Å²) >= 11 is 6.02. The second-order valence-corrected chi connectivity index (χ2v) is 8.65. The summed E-state index contributed by atoms with van der Waals surface area (Å²) in [7, 11) is -4.49. The molecule has 10 heteroatoms. The fraction of sp³-hybridized carbons (Fsp3) is 0.0952. The average Bonchev–Trinajstić information content (AvgIpc) is 2.77. The van der Waals surface area contributed by atoms with Crippen molar-refractivity contribution in [2.45, 2.75) is 11.6 Å². The van der Waals surface area contributed by atoms with E-state index in [4.69, 9.17) is 21.4 Å². The fourth-order valence-corrected chi connectivity index (χ4v) is 3.72. The number of aromatic nitrogens is 1. The van der Waals surface area contributed by atoms with E-state index < -0.39 is 32.5 Å². The highest BCUT2D eigenvalue weighted by molar-refractivity contribution is 8.06. The first kappa shape index (κ1) is 22.3. The molecule has 0 radical (unpaired) electrons. The molecule has 0 aliphatic heterocycles. The number of nitrogens with one attached hydrogen (secondary N) is 1. The number of carboxylic acid groups (broad SMARTS) is 1. The Morgan fingerprint density at radius 2 is 1.81 bits per heavy atom. The minimum atomic E-state index is -4.49. The van der Waals surface area contributed by atoms with Crippen LogP contribution in [-0.2, 0) is 21.2 Å². The number of rotatable bonds is 8. The zero-order chi connectivity index (χ0) is 22.4. The summed E-state index contributed by atoms with van der Waals surface area (Å²) in [5.74, 6) is -0.951. The topological polar surface area (TPSA) is 123 Å². The molecule has 0 aliphatic carbocycles. The summed E-state index contributed by atoms with van der Waals surface area (Å²) in [4.78, 5) is 27.0. The number of hydrogen-bond donors (Lipinski definition) is 2. The van der Waals surface area contributed by atoms with E-state index in [1.807, 2.05) is 30.3 Å². The van der Waals surface area contributed by atoms with Crippen LogP contribution in [0.4, 0.5) is 5.69 Å². The molecule has 0 bridgehead atoms. The van der Waals surface area contributed by atoms with Crippen molar-refractivity contribution >= 4 is 38.2 Å². The standard InChI is InChI=1S/C21H17ClN2O6S/c22-16-6-7-18(30-13-14-4-2-1-3-5-14)17(11-16)24-12-20(25)31(28,29)19-10-15(21(26)27)8-9-23-19/h1-11,24H,12-13H2,(H,26,27). The van der Waals surface area contributed by atoms with Gasteiger partial charge in [0.05, 0.1) is 17.8 Å². The van der Waals surface area contributed by atoms with Crippen molar-refractivity contribution in [3.8, 4) is 5.75 Å². The molecule has 0 saturated carbocycles. The van der Waals surface area contributed by atoms with Gasteiger partial charge in [0.15, 0.2) is 5.03 Å². The van der Waals surface area contributed by atoms with Crippen molar-refractivity contribution in [1.29, 1.82) is 0 Å². The van der Waals surface area contributed by atoms with Gasteiger partial charge in [-0.2, -0.15) is 0 Å². The lowest BCUT2D eigenvalue weighted by Crippen LogP contribution is -2.24. The van der Waals surface area contributed by atoms with Gasteiger partial charge in [0.2, 0.25) is 0 Å². The summed E-state index contributed by atoms with van der Waals surface area (Å²) in [6, 6.07) is 16.1. The Hall–Kier alpha value is -3.43. The monoisotopic (exact) mass is 460 g/mol. The van der Waals surface area contributed by atoms with E-state index in [-0.39, 0.29) is 12.2 Å². The number of pyridine rings is 1. The van der Waals surface area contributed by atoms with E-state index in [9.17, 15) is 18.0 Å². The maximum atomic E-state index is 12.5. The third-order valence-electron chi connectivity index (χ3n) is 4.16. The lowest BCUT2D eigenvalue weighted by Gasteiger charge is -2.13. The summed E-state index contributed by atoms with van der Waals surface area (Å²) < 4.78 is 30.7. The summed E-state index contributed by atoms with van der Waals surface area (Å²) in [5, 5.41) is 10.3. The van der Waals surface area contributed by atoms with Crippen molar-refractivity contribution in [3.05, 3.63) is 83.0 Å². The number of nitrogens with zero attached hydrogens (tertiary/aromatic N) is 1. The van der Waals surface area contributed by atoms with Crippen LogP contribution in [0, 0.1) is 0 Å². The Labute approximate surface area is 183 Å². The Morgan fingerprint density at radius 1 is 1.06 bits per heavy atom. The van der Waals surface area contributed by atoms with Gasteiger partial charge in [-0.05, 0) is 35.9 Å². The van der Waals surface area contributed by atoms with Crippen LogP contribution in [0.2, 0.25) is 5.02 Å². The van der Waals surface area contributed by atoms with Gasteiger partial charge < -0.3 is 15.2 Å². The van der Waals surface area contributed by atoms with Crippen LogP contribution < -0.4 is 10.1 Å². The van der Waals surface area contributed by atoms with E-state index in [0.717, 1.165) is 23.9 Å².